The zero-order valence-electron chi connectivity index (χ0n) is 16.4. The molecule has 1 aromatic carbocycles. The maximum atomic E-state index is 13.4. The van der Waals surface area contributed by atoms with Gasteiger partial charge in [0.25, 0.3) is 5.91 Å². The molecule has 6 heteroatoms. The molecule has 0 spiro atoms. The molecule has 1 aliphatic heterocycles. The van der Waals surface area contributed by atoms with Crippen molar-refractivity contribution in [2.75, 3.05) is 4.90 Å². The van der Waals surface area contributed by atoms with E-state index in [0.29, 0.717) is 5.69 Å². The lowest BCUT2D eigenvalue weighted by Gasteiger charge is -2.32. The molecule has 1 saturated carbocycles. The molecule has 6 nitrogen and oxygen atoms in total. The molecule has 1 unspecified atom stereocenters. The molecule has 0 bridgehead atoms. The van der Waals surface area contributed by atoms with Gasteiger partial charge in [-0.2, -0.15) is 0 Å². The molecular formula is C23H25N3O3. The van der Waals surface area contributed by atoms with E-state index in [-0.39, 0.29) is 36.6 Å². The van der Waals surface area contributed by atoms with Crippen LogP contribution in [-0.4, -0.2) is 33.6 Å². The van der Waals surface area contributed by atoms with Gasteiger partial charge >= 0.3 is 0 Å². The molecule has 3 amide bonds. The van der Waals surface area contributed by atoms with Crippen molar-refractivity contribution >= 4 is 23.4 Å². The number of benzene rings is 1. The predicted molar refractivity (Wildman–Crippen MR) is 109 cm³/mol. The second-order valence-electron chi connectivity index (χ2n) is 7.79. The van der Waals surface area contributed by atoms with Gasteiger partial charge in [0, 0.05) is 24.9 Å². The van der Waals surface area contributed by atoms with Crippen LogP contribution in [0.4, 0.5) is 5.69 Å². The Morgan fingerprint density at radius 1 is 1.03 bits per heavy atom. The number of carbonyl (C=O) groups is 3. The second-order valence-corrected chi connectivity index (χ2v) is 7.79. The average molecular weight is 391 g/mol. The van der Waals surface area contributed by atoms with Crippen LogP contribution in [0.15, 0.2) is 54.9 Å². The van der Waals surface area contributed by atoms with E-state index in [1.54, 1.807) is 41.6 Å². The third-order valence-corrected chi connectivity index (χ3v) is 5.83. The summed E-state index contributed by atoms with van der Waals surface area (Å²) >= 11 is 0. The Bertz CT molecular complexity index is 879. The molecule has 1 atom stereocenters. The van der Waals surface area contributed by atoms with Crippen molar-refractivity contribution in [3.8, 4) is 0 Å². The van der Waals surface area contributed by atoms with E-state index in [4.69, 9.17) is 0 Å². The molecule has 150 valence electrons. The summed E-state index contributed by atoms with van der Waals surface area (Å²) in [4.78, 5) is 46.3. The van der Waals surface area contributed by atoms with Gasteiger partial charge in [0.15, 0.2) is 0 Å². The minimum Gasteiger partial charge on any atom is -0.325 e. The van der Waals surface area contributed by atoms with E-state index in [1.807, 2.05) is 18.2 Å². The zero-order valence-corrected chi connectivity index (χ0v) is 16.4. The molecule has 0 radical (unpaired) electrons. The third-order valence-electron chi connectivity index (χ3n) is 5.83. The standard InChI is InChI=1S/C23H25N3O3/c27-21-14-20(23(29)26(21)19-11-5-2-6-12-19)25(16-17-8-7-13-24-15-17)22(28)18-9-3-1-4-10-18/h2,5-8,11-13,15,18,20H,1,3-4,9-10,14,16H2. The van der Waals surface area contributed by atoms with Crippen LogP contribution >= 0.6 is 0 Å². The Balaban J connectivity index is 1.62. The monoisotopic (exact) mass is 391 g/mol. The zero-order chi connectivity index (χ0) is 20.2. The van der Waals surface area contributed by atoms with Crippen LogP contribution in [0.2, 0.25) is 0 Å². The molecule has 29 heavy (non-hydrogen) atoms. The smallest absolute Gasteiger partial charge is 0.257 e. The van der Waals surface area contributed by atoms with Gasteiger partial charge in [0.1, 0.15) is 6.04 Å². The fourth-order valence-corrected chi connectivity index (χ4v) is 4.32. The van der Waals surface area contributed by atoms with Gasteiger partial charge < -0.3 is 4.90 Å². The number of carbonyl (C=O) groups excluding carboxylic acids is 3. The normalized spacial score (nSPS) is 20.1. The summed E-state index contributed by atoms with van der Waals surface area (Å²) in [5.41, 5.74) is 1.41. The van der Waals surface area contributed by atoms with Crippen LogP contribution in [0.25, 0.3) is 0 Å². The summed E-state index contributed by atoms with van der Waals surface area (Å²) in [6.07, 6.45) is 8.31. The number of pyridine rings is 1. The second kappa shape index (κ2) is 8.55. The molecule has 2 fully saturated rings. The molecule has 0 N–H and O–H groups in total. The first-order valence-electron chi connectivity index (χ1n) is 10.3. The van der Waals surface area contributed by atoms with Crippen LogP contribution in [0.3, 0.4) is 0 Å². The van der Waals surface area contributed by atoms with Crippen LogP contribution < -0.4 is 4.90 Å². The largest absolute Gasteiger partial charge is 0.325 e. The van der Waals surface area contributed by atoms with Crippen molar-refractivity contribution in [2.24, 2.45) is 5.92 Å². The molecule has 2 heterocycles. The number of para-hydroxylation sites is 1. The van der Waals surface area contributed by atoms with Crippen LogP contribution in [-0.2, 0) is 20.9 Å². The maximum absolute atomic E-state index is 13.4. The third kappa shape index (κ3) is 4.06. The summed E-state index contributed by atoms with van der Waals surface area (Å²) < 4.78 is 0. The number of hydrogen-bond acceptors (Lipinski definition) is 4. The topological polar surface area (TPSA) is 70.6 Å². The summed E-state index contributed by atoms with van der Waals surface area (Å²) in [5.74, 6) is -0.684. The van der Waals surface area contributed by atoms with Gasteiger partial charge in [-0.25, -0.2) is 4.90 Å². The number of imide groups is 1. The highest BCUT2D eigenvalue weighted by molar-refractivity contribution is 6.23. The van der Waals surface area contributed by atoms with Crippen molar-refractivity contribution in [1.82, 2.24) is 9.88 Å². The van der Waals surface area contributed by atoms with Crippen LogP contribution in [0, 0.1) is 5.92 Å². The Hall–Kier alpha value is -3.02. The van der Waals surface area contributed by atoms with E-state index in [9.17, 15) is 14.4 Å². The number of aromatic nitrogens is 1. The lowest BCUT2D eigenvalue weighted by molar-refractivity contribution is -0.143. The van der Waals surface area contributed by atoms with Crippen LogP contribution in [0.1, 0.15) is 44.1 Å². The number of amides is 3. The minimum atomic E-state index is -0.766. The van der Waals surface area contributed by atoms with Crippen LogP contribution in [0.5, 0.6) is 0 Å². The molecule has 2 aromatic rings. The van der Waals surface area contributed by atoms with Crippen molar-refractivity contribution in [1.29, 1.82) is 0 Å². The van der Waals surface area contributed by atoms with Gasteiger partial charge in [-0.1, -0.05) is 43.5 Å². The Labute approximate surface area is 170 Å². The molecule has 1 saturated heterocycles. The summed E-state index contributed by atoms with van der Waals surface area (Å²) in [6.45, 7) is 0.287. The first-order valence-corrected chi connectivity index (χ1v) is 10.3. The molecule has 1 aromatic heterocycles. The van der Waals surface area contributed by atoms with Gasteiger partial charge in [-0.3, -0.25) is 19.4 Å². The highest BCUT2D eigenvalue weighted by atomic mass is 16.2. The Kier molecular flexibility index (Phi) is 5.69. The molecule has 2 aliphatic rings. The van der Waals surface area contributed by atoms with Crippen molar-refractivity contribution in [3.63, 3.8) is 0 Å². The highest BCUT2D eigenvalue weighted by Crippen LogP contribution is 2.31. The molecule has 1 aliphatic carbocycles. The SMILES string of the molecule is O=C1CC(N(Cc2cccnc2)C(=O)C2CCCCC2)C(=O)N1c1ccccc1. The van der Waals surface area contributed by atoms with Gasteiger partial charge in [-0.15, -0.1) is 0 Å². The van der Waals surface area contributed by atoms with E-state index in [0.717, 1.165) is 37.7 Å². The van der Waals surface area contributed by atoms with Gasteiger partial charge in [-0.05, 0) is 36.6 Å². The predicted octanol–water partition coefficient (Wildman–Crippen LogP) is 3.32. The Morgan fingerprint density at radius 2 is 1.79 bits per heavy atom. The van der Waals surface area contributed by atoms with E-state index in [1.165, 1.54) is 4.90 Å². The first-order chi connectivity index (χ1) is 14.1. The van der Waals surface area contributed by atoms with E-state index >= 15 is 0 Å². The fourth-order valence-electron chi connectivity index (χ4n) is 4.32. The quantitative estimate of drug-likeness (QED) is 0.733. The van der Waals surface area contributed by atoms with Crippen molar-refractivity contribution in [2.45, 2.75) is 51.1 Å². The fraction of sp³-hybridized carbons (Fsp3) is 0.391. The minimum absolute atomic E-state index is 0.0189. The number of anilines is 1. The lowest BCUT2D eigenvalue weighted by Crippen LogP contribution is -2.47. The molecular weight excluding hydrogens is 366 g/mol. The number of rotatable bonds is 5. The first kappa shape index (κ1) is 19.3. The van der Waals surface area contributed by atoms with Gasteiger partial charge in [0.05, 0.1) is 12.1 Å². The summed E-state index contributed by atoms with van der Waals surface area (Å²) in [7, 11) is 0. The van der Waals surface area contributed by atoms with E-state index in [2.05, 4.69) is 4.98 Å². The average Bonchev–Trinajstić information content (AvgIpc) is 3.07. The maximum Gasteiger partial charge on any atom is 0.257 e. The number of hydrogen-bond donors (Lipinski definition) is 0. The van der Waals surface area contributed by atoms with Crippen molar-refractivity contribution < 1.29 is 14.4 Å². The Morgan fingerprint density at radius 3 is 2.48 bits per heavy atom. The summed E-state index contributed by atoms with van der Waals surface area (Å²) in [5, 5.41) is 0. The lowest BCUT2D eigenvalue weighted by atomic mass is 9.87. The van der Waals surface area contributed by atoms with Crippen molar-refractivity contribution in [3.05, 3.63) is 60.4 Å². The molecule has 4 rings (SSSR count). The highest BCUT2D eigenvalue weighted by Gasteiger charge is 2.45. The van der Waals surface area contributed by atoms with Gasteiger partial charge in [0.2, 0.25) is 11.8 Å². The number of nitrogens with zero attached hydrogens (tertiary/aromatic N) is 3. The summed E-state index contributed by atoms with van der Waals surface area (Å²) in [6, 6.07) is 11.9. The van der Waals surface area contributed by atoms with E-state index < -0.39 is 6.04 Å².